The van der Waals surface area contributed by atoms with Gasteiger partial charge in [-0.1, -0.05) is 265 Å². The summed E-state index contributed by atoms with van der Waals surface area (Å²) in [5.41, 5.74) is 0. The first-order chi connectivity index (χ1) is 36.0. The van der Waals surface area contributed by atoms with Crippen LogP contribution in [0.1, 0.15) is 278 Å². The number of hydrogen-bond acceptors (Lipinski definition) is 6. The lowest BCUT2D eigenvalue weighted by molar-refractivity contribution is -0.167. The van der Waals surface area contributed by atoms with Crippen LogP contribution in [-0.4, -0.2) is 37.2 Å². The normalized spacial score (nSPS) is 12.9. The highest BCUT2D eigenvalue weighted by Gasteiger charge is 2.19. The molecule has 6 heteroatoms. The van der Waals surface area contributed by atoms with Crippen molar-refractivity contribution in [2.45, 2.75) is 284 Å². The quantitative estimate of drug-likeness (QED) is 0.0261. The zero-order valence-corrected chi connectivity index (χ0v) is 47.6. The molecule has 0 saturated carbocycles. The molecule has 0 aliphatic heterocycles. The predicted molar refractivity (Wildman–Crippen MR) is 316 cm³/mol. The van der Waals surface area contributed by atoms with E-state index in [0.717, 1.165) is 135 Å². The Morgan fingerprint density at radius 2 is 0.534 bits per heavy atom. The van der Waals surface area contributed by atoms with E-state index in [-0.39, 0.29) is 31.1 Å². The minimum absolute atomic E-state index is 0.0866. The van der Waals surface area contributed by atoms with Crippen LogP contribution in [-0.2, 0) is 28.6 Å². The molecule has 1 atom stereocenters. The molecule has 0 fully saturated rings. The zero-order chi connectivity index (χ0) is 52.9. The van der Waals surface area contributed by atoms with Gasteiger partial charge in [0.25, 0.3) is 0 Å². The van der Waals surface area contributed by atoms with Crippen molar-refractivity contribution in [1.29, 1.82) is 0 Å². The van der Waals surface area contributed by atoms with Crippen LogP contribution >= 0.6 is 0 Å². The van der Waals surface area contributed by atoms with Gasteiger partial charge in [-0.25, -0.2) is 0 Å². The van der Waals surface area contributed by atoms with E-state index in [1.165, 1.54) is 103 Å². The van der Waals surface area contributed by atoms with Crippen molar-refractivity contribution >= 4 is 17.9 Å². The highest BCUT2D eigenvalue weighted by atomic mass is 16.6. The van der Waals surface area contributed by atoms with Crippen molar-refractivity contribution < 1.29 is 28.6 Å². The number of allylic oxidation sites excluding steroid dienone is 18. The van der Waals surface area contributed by atoms with Gasteiger partial charge in [0.15, 0.2) is 6.10 Å². The van der Waals surface area contributed by atoms with Crippen LogP contribution in [0.5, 0.6) is 0 Å². The first-order valence-corrected chi connectivity index (χ1v) is 30.4. The Labute approximate surface area is 450 Å². The van der Waals surface area contributed by atoms with Crippen LogP contribution in [0.15, 0.2) is 109 Å². The molecule has 0 aromatic heterocycles. The molecule has 1 unspecified atom stereocenters. The van der Waals surface area contributed by atoms with Gasteiger partial charge < -0.3 is 14.2 Å². The largest absolute Gasteiger partial charge is 0.462 e. The SMILES string of the molecule is CC/C=C\C/C=C\C/C=C\C/C=C\C/C=C\CCCCCCCCCCCCCCCCCCCC(=O)OCC(COC(=O)CCCCCCC)OC(=O)CCCCCC/C=C\C/C=C\C/C=C\C/C=C\CC. The van der Waals surface area contributed by atoms with E-state index in [2.05, 4.69) is 130 Å². The number of ether oxygens (including phenoxy) is 3. The van der Waals surface area contributed by atoms with Crippen LogP contribution in [0, 0.1) is 0 Å². The maximum atomic E-state index is 12.8. The minimum atomic E-state index is -0.786. The zero-order valence-electron chi connectivity index (χ0n) is 47.6. The average molecular weight is 1010 g/mol. The third-order valence-electron chi connectivity index (χ3n) is 12.8. The number of hydrogen-bond donors (Lipinski definition) is 0. The third kappa shape index (κ3) is 58.8. The molecule has 6 nitrogen and oxygen atoms in total. The van der Waals surface area contributed by atoms with Gasteiger partial charge in [0, 0.05) is 19.3 Å². The summed E-state index contributed by atoms with van der Waals surface area (Å²) in [7, 11) is 0. The molecule has 0 saturated heterocycles. The van der Waals surface area contributed by atoms with E-state index in [4.69, 9.17) is 14.2 Å². The van der Waals surface area contributed by atoms with Gasteiger partial charge in [-0.05, 0) is 103 Å². The fourth-order valence-electron chi connectivity index (χ4n) is 8.28. The molecule has 0 spiro atoms. The van der Waals surface area contributed by atoms with Gasteiger partial charge in [0.2, 0.25) is 0 Å². The molecule has 0 aliphatic rings. The summed E-state index contributed by atoms with van der Waals surface area (Å²) in [6.45, 7) is 6.31. The van der Waals surface area contributed by atoms with Gasteiger partial charge in [-0.3, -0.25) is 14.4 Å². The average Bonchev–Trinajstić information content (AvgIpc) is 3.39. The van der Waals surface area contributed by atoms with Gasteiger partial charge in [-0.2, -0.15) is 0 Å². The molecule has 0 rings (SSSR count). The Hall–Kier alpha value is -3.93. The second kappa shape index (κ2) is 60.6. The first kappa shape index (κ1) is 69.1. The highest BCUT2D eigenvalue weighted by molar-refractivity contribution is 5.71. The monoisotopic (exact) mass is 1010 g/mol. The van der Waals surface area contributed by atoms with E-state index in [1.54, 1.807) is 0 Å². The van der Waals surface area contributed by atoms with Crippen molar-refractivity contribution in [3.8, 4) is 0 Å². The van der Waals surface area contributed by atoms with E-state index in [1.807, 2.05) is 0 Å². The Morgan fingerprint density at radius 1 is 0.288 bits per heavy atom. The number of carbonyl (C=O) groups excluding carboxylic acids is 3. The van der Waals surface area contributed by atoms with Crippen molar-refractivity contribution in [2.24, 2.45) is 0 Å². The fraction of sp³-hybridized carbons (Fsp3) is 0.687. The summed E-state index contributed by atoms with van der Waals surface area (Å²) >= 11 is 0. The second-order valence-electron chi connectivity index (χ2n) is 19.9. The smallest absolute Gasteiger partial charge is 0.306 e. The molecule has 0 aromatic carbocycles. The molecule has 0 aliphatic carbocycles. The lowest BCUT2D eigenvalue weighted by Gasteiger charge is -2.18. The molecule has 73 heavy (non-hydrogen) atoms. The lowest BCUT2D eigenvalue weighted by Crippen LogP contribution is -2.30. The third-order valence-corrected chi connectivity index (χ3v) is 12.8. The number of rotatable bonds is 54. The molecule has 0 radical (unpaired) electrons. The van der Waals surface area contributed by atoms with Gasteiger partial charge >= 0.3 is 17.9 Å². The summed E-state index contributed by atoms with van der Waals surface area (Å²) in [5.74, 6) is -0.921. The summed E-state index contributed by atoms with van der Waals surface area (Å²) in [4.78, 5) is 37.8. The Bertz CT molecular complexity index is 1490. The maximum Gasteiger partial charge on any atom is 0.306 e. The number of esters is 3. The molecule has 416 valence electrons. The van der Waals surface area contributed by atoms with Crippen LogP contribution < -0.4 is 0 Å². The van der Waals surface area contributed by atoms with Crippen LogP contribution in [0.25, 0.3) is 0 Å². The lowest BCUT2D eigenvalue weighted by atomic mass is 10.0. The molecular formula is C67H112O6. The summed E-state index contributed by atoms with van der Waals surface area (Å²) in [6, 6.07) is 0. The predicted octanol–water partition coefficient (Wildman–Crippen LogP) is 20.7. The molecule has 0 N–H and O–H groups in total. The van der Waals surface area contributed by atoms with Crippen LogP contribution in [0.2, 0.25) is 0 Å². The number of unbranched alkanes of at least 4 members (excludes halogenated alkanes) is 25. The van der Waals surface area contributed by atoms with Crippen molar-refractivity contribution in [2.75, 3.05) is 13.2 Å². The number of carbonyl (C=O) groups is 3. The van der Waals surface area contributed by atoms with E-state index < -0.39 is 6.10 Å². The molecule has 0 aromatic rings. The van der Waals surface area contributed by atoms with Crippen molar-refractivity contribution in [3.63, 3.8) is 0 Å². The van der Waals surface area contributed by atoms with Gasteiger partial charge in [0.1, 0.15) is 13.2 Å². The molecule has 0 bridgehead atoms. The van der Waals surface area contributed by atoms with Crippen LogP contribution in [0.4, 0.5) is 0 Å². The molecule has 0 amide bonds. The van der Waals surface area contributed by atoms with E-state index >= 15 is 0 Å². The maximum absolute atomic E-state index is 12.8. The topological polar surface area (TPSA) is 78.9 Å². The Kier molecular flexibility index (Phi) is 57.4. The van der Waals surface area contributed by atoms with Crippen molar-refractivity contribution in [1.82, 2.24) is 0 Å². The summed E-state index contributed by atoms with van der Waals surface area (Å²) in [6.07, 6.45) is 82.9. The standard InChI is InChI=1S/C67H112O6/c1-4-7-10-13-15-17-19-21-23-25-26-27-28-29-30-31-32-33-34-35-36-37-38-39-40-42-43-45-47-49-51-54-57-60-66(69)72-63-64(62-71-65(68)59-56-53-12-9-6-3)73-67(70)61-58-55-52-50-48-46-44-41-24-22-20-18-16-14-11-8-5-2/h7-8,10-11,15-18,21-24,26-27,29-30,44,46,64H,4-6,9,12-14,19-20,25,28,31-43,45,47-63H2,1-3H3/b10-7-,11-8-,17-15-,18-16-,23-21-,24-22-,27-26-,30-29-,46-44-. The van der Waals surface area contributed by atoms with Crippen LogP contribution in [0.3, 0.4) is 0 Å². The van der Waals surface area contributed by atoms with Gasteiger partial charge in [-0.15, -0.1) is 0 Å². The highest BCUT2D eigenvalue weighted by Crippen LogP contribution is 2.16. The Morgan fingerprint density at radius 3 is 0.836 bits per heavy atom. The molecule has 0 heterocycles. The Balaban J connectivity index is 3.99. The van der Waals surface area contributed by atoms with Gasteiger partial charge in [0.05, 0.1) is 0 Å². The van der Waals surface area contributed by atoms with E-state index in [0.29, 0.717) is 19.3 Å². The fourth-order valence-corrected chi connectivity index (χ4v) is 8.28. The second-order valence-corrected chi connectivity index (χ2v) is 19.9. The van der Waals surface area contributed by atoms with E-state index in [9.17, 15) is 14.4 Å². The minimum Gasteiger partial charge on any atom is -0.462 e. The first-order valence-electron chi connectivity index (χ1n) is 30.4. The van der Waals surface area contributed by atoms with Crippen molar-refractivity contribution in [3.05, 3.63) is 109 Å². The molecular weight excluding hydrogens is 901 g/mol. The summed E-state index contributed by atoms with van der Waals surface area (Å²) < 4.78 is 16.7. The summed E-state index contributed by atoms with van der Waals surface area (Å²) in [5, 5.41) is 0.